The number of carbonyl (C=O) groups excluding carboxylic acids is 3. The minimum Gasteiger partial charge on any atom is -0.356 e. The van der Waals surface area contributed by atoms with Crippen LogP contribution in [-0.2, 0) is 33.8 Å². The molecule has 1 fully saturated rings. The summed E-state index contributed by atoms with van der Waals surface area (Å²) in [6.07, 6.45) is 8.02. The van der Waals surface area contributed by atoms with E-state index in [9.17, 15) is 14.4 Å². The highest BCUT2D eigenvalue weighted by atomic mass is 32.1. The summed E-state index contributed by atoms with van der Waals surface area (Å²) in [7, 11) is 0. The Morgan fingerprint density at radius 2 is 2.03 bits per heavy atom. The van der Waals surface area contributed by atoms with Gasteiger partial charge in [-0.15, -0.1) is 5.10 Å². The number of nitrogens with one attached hydrogen (secondary N) is 4. The summed E-state index contributed by atoms with van der Waals surface area (Å²) in [5.41, 5.74) is 0.461. The highest BCUT2D eigenvalue weighted by molar-refractivity contribution is 7.80. The van der Waals surface area contributed by atoms with E-state index in [1.807, 2.05) is 13.1 Å². The van der Waals surface area contributed by atoms with Gasteiger partial charge in [0.15, 0.2) is 5.11 Å². The molecule has 1 aliphatic heterocycles. The van der Waals surface area contributed by atoms with Gasteiger partial charge in [0.05, 0.1) is 18.4 Å². The fourth-order valence-electron chi connectivity index (χ4n) is 3.52. The van der Waals surface area contributed by atoms with Crippen LogP contribution in [0.2, 0.25) is 0 Å². The summed E-state index contributed by atoms with van der Waals surface area (Å²) in [5, 5.41) is 16.3. The standard InChI is InChI=1S/C19H26N8O3S/c1-2-19(16(29)23-18(31)24-17(19)30)6-3-5-13-11-27(26-25-13)8-4-7-21-15(28)9-14-10-20-12-22-14/h10-12H,2-9H2,1H3,(H,20,22)(H,21,28)(H2,23,24,29,30,31). The smallest absolute Gasteiger partial charge is 0.241 e. The third kappa shape index (κ3) is 5.72. The summed E-state index contributed by atoms with van der Waals surface area (Å²) < 4.78 is 1.73. The molecule has 11 nitrogen and oxygen atoms in total. The minimum atomic E-state index is -1.10. The van der Waals surface area contributed by atoms with Crippen molar-refractivity contribution in [1.29, 1.82) is 0 Å². The van der Waals surface area contributed by atoms with Gasteiger partial charge in [-0.25, -0.2) is 4.98 Å². The molecule has 2 aromatic rings. The second-order valence-corrected chi connectivity index (χ2v) is 7.86. The number of aromatic nitrogens is 5. The molecule has 0 aliphatic carbocycles. The molecule has 0 radical (unpaired) electrons. The lowest BCUT2D eigenvalue weighted by molar-refractivity contribution is -0.144. The first-order valence-electron chi connectivity index (χ1n) is 10.2. The first kappa shape index (κ1) is 22.5. The predicted octanol–water partition coefficient (Wildman–Crippen LogP) is 0.000200. The van der Waals surface area contributed by atoms with E-state index >= 15 is 0 Å². The van der Waals surface area contributed by atoms with Crippen LogP contribution >= 0.6 is 12.2 Å². The Kier molecular flexibility index (Phi) is 7.45. The quantitative estimate of drug-likeness (QED) is 0.216. The average Bonchev–Trinajstić information content (AvgIpc) is 3.39. The lowest BCUT2D eigenvalue weighted by atomic mass is 9.77. The monoisotopic (exact) mass is 446 g/mol. The van der Waals surface area contributed by atoms with E-state index in [-0.39, 0.29) is 29.3 Å². The number of aromatic amines is 1. The molecule has 3 amide bonds. The van der Waals surface area contributed by atoms with E-state index in [4.69, 9.17) is 12.2 Å². The van der Waals surface area contributed by atoms with E-state index in [0.717, 1.165) is 17.8 Å². The van der Waals surface area contributed by atoms with E-state index in [1.54, 1.807) is 17.2 Å². The zero-order valence-electron chi connectivity index (χ0n) is 17.3. The van der Waals surface area contributed by atoms with E-state index in [1.165, 1.54) is 0 Å². The van der Waals surface area contributed by atoms with Gasteiger partial charge in [-0.2, -0.15) is 0 Å². The highest BCUT2D eigenvalue weighted by Gasteiger charge is 2.47. The second-order valence-electron chi connectivity index (χ2n) is 7.46. The molecular formula is C19H26N8O3S. The van der Waals surface area contributed by atoms with Crippen molar-refractivity contribution in [1.82, 2.24) is 40.9 Å². The minimum absolute atomic E-state index is 0.0551. The van der Waals surface area contributed by atoms with Gasteiger partial charge >= 0.3 is 0 Å². The highest BCUT2D eigenvalue weighted by Crippen LogP contribution is 2.31. The number of aryl methyl sites for hydroxylation is 2. The van der Waals surface area contributed by atoms with Crippen molar-refractivity contribution < 1.29 is 14.4 Å². The van der Waals surface area contributed by atoms with Crippen LogP contribution in [0.3, 0.4) is 0 Å². The fourth-order valence-corrected chi connectivity index (χ4v) is 3.71. The molecule has 1 saturated heterocycles. The van der Waals surface area contributed by atoms with Crippen molar-refractivity contribution in [3.8, 4) is 0 Å². The number of imidazole rings is 1. The Balaban J connectivity index is 1.38. The normalized spacial score (nSPS) is 15.5. The van der Waals surface area contributed by atoms with Crippen molar-refractivity contribution in [2.75, 3.05) is 6.54 Å². The van der Waals surface area contributed by atoms with Crippen LogP contribution in [0.5, 0.6) is 0 Å². The summed E-state index contributed by atoms with van der Waals surface area (Å²) >= 11 is 4.87. The van der Waals surface area contributed by atoms with Crippen LogP contribution in [0.1, 0.15) is 44.0 Å². The van der Waals surface area contributed by atoms with Gasteiger partial charge in [0.25, 0.3) is 0 Å². The maximum atomic E-state index is 12.4. The maximum Gasteiger partial charge on any atom is 0.241 e. The molecule has 0 aromatic carbocycles. The van der Waals surface area contributed by atoms with Gasteiger partial charge in [0.2, 0.25) is 17.7 Å². The Morgan fingerprint density at radius 1 is 1.26 bits per heavy atom. The summed E-state index contributed by atoms with van der Waals surface area (Å²) in [6.45, 7) is 2.98. The predicted molar refractivity (Wildman–Crippen MR) is 114 cm³/mol. The van der Waals surface area contributed by atoms with E-state index < -0.39 is 5.41 Å². The Hall–Kier alpha value is -3.15. The third-order valence-electron chi connectivity index (χ3n) is 5.34. The Labute approximate surface area is 184 Å². The van der Waals surface area contributed by atoms with Crippen molar-refractivity contribution in [3.63, 3.8) is 0 Å². The molecule has 31 heavy (non-hydrogen) atoms. The molecule has 3 rings (SSSR count). The van der Waals surface area contributed by atoms with Crippen molar-refractivity contribution in [2.45, 2.75) is 52.0 Å². The molecule has 4 N–H and O–H groups in total. The topological polar surface area (TPSA) is 147 Å². The number of carbonyl (C=O) groups is 3. The zero-order chi connectivity index (χ0) is 22.3. The molecule has 0 spiro atoms. The molecule has 3 heterocycles. The van der Waals surface area contributed by atoms with Gasteiger partial charge in [0, 0.05) is 31.2 Å². The average molecular weight is 447 g/mol. The van der Waals surface area contributed by atoms with Crippen LogP contribution in [0.15, 0.2) is 18.7 Å². The van der Waals surface area contributed by atoms with Gasteiger partial charge < -0.3 is 20.9 Å². The largest absolute Gasteiger partial charge is 0.356 e. The van der Waals surface area contributed by atoms with Gasteiger partial charge in [-0.3, -0.25) is 19.1 Å². The Morgan fingerprint density at radius 3 is 2.71 bits per heavy atom. The number of thiocarbonyl (C=S) groups is 1. The number of H-pyrrole nitrogens is 1. The molecule has 2 aromatic heterocycles. The first-order valence-corrected chi connectivity index (χ1v) is 10.6. The lowest BCUT2D eigenvalue weighted by Gasteiger charge is -2.34. The van der Waals surface area contributed by atoms with Crippen LogP contribution in [0.4, 0.5) is 0 Å². The van der Waals surface area contributed by atoms with Crippen molar-refractivity contribution in [2.24, 2.45) is 5.41 Å². The first-order chi connectivity index (χ1) is 14.9. The van der Waals surface area contributed by atoms with E-state index in [2.05, 4.69) is 36.2 Å². The molecule has 1 aliphatic rings. The number of hydrogen-bond acceptors (Lipinski definition) is 7. The number of nitrogens with zero attached hydrogens (tertiary/aromatic N) is 4. The molecule has 12 heteroatoms. The summed E-state index contributed by atoms with van der Waals surface area (Å²) in [5.74, 6) is -0.756. The summed E-state index contributed by atoms with van der Waals surface area (Å²) in [4.78, 5) is 43.3. The van der Waals surface area contributed by atoms with Crippen LogP contribution in [0.25, 0.3) is 0 Å². The molecule has 0 atom stereocenters. The van der Waals surface area contributed by atoms with Crippen molar-refractivity contribution in [3.05, 3.63) is 30.1 Å². The molecule has 0 saturated carbocycles. The lowest BCUT2D eigenvalue weighted by Crippen LogP contribution is -2.62. The number of amides is 3. The van der Waals surface area contributed by atoms with Crippen LogP contribution < -0.4 is 16.0 Å². The number of hydrogen-bond donors (Lipinski definition) is 4. The van der Waals surface area contributed by atoms with Crippen LogP contribution in [-0.4, -0.2) is 54.3 Å². The summed E-state index contributed by atoms with van der Waals surface area (Å²) in [6, 6.07) is 0. The Bertz CT molecular complexity index is 920. The molecule has 0 bridgehead atoms. The fraction of sp³-hybridized carbons (Fsp3) is 0.526. The van der Waals surface area contributed by atoms with Gasteiger partial charge in [-0.1, -0.05) is 12.1 Å². The van der Waals surface area contributed by atoms with Gasteiger partial charge in [0.1, 0.15) is 5.41 Å². The van der Waals surface area contributed by atoms with E-state index in [0.29, 0.717) is 38.8 Å². The molecular weight excluding hydrogens is 420 g/mol. The number of rotatable bonds is 11. The SMILES string of the molecule is CCC1(CCCc2cn(CCCNC(=O)Cc3cnc[nH]3)nn2)C(=O)NC(=S)NC1=O. The second kappa shape index (κ2) is 10.2. The zero-order valence-corrected chi connectivity index (χ0v) is 18.1. The van der Waals surface area contributed by atoms with Crippen LogP contribution in [0, 0.1) is 5.41 Å². The third-order valence-corrected chi connectivity index (χ3v) is 5.55. The molecule has 166 valence electrons. The maximum absolute atomic E-state index is 12.4. The van der Waals surface area contributed by atoms with Crippen molar-refractivity contribution >= 4 is 35.1 Å². The molecule has 0 unspecified atom stereocenters. The van der Waals surface area contributed by atoms with Gasteiger partial charge in [-0.05, 0) is 44.3 Å².